The highest BCUT2D eigenvalue weighted by atomic mass is 32.2. The van der Waals surface area contributed by atoms with E-state index in [0.29, 0.717) is 12.3 Å². The van der Waals surface area contributed by atoms with Crippen LogP contribution in [0, 0.1) is 19.8 Å². The molecule has 1 unspecified atom stereocenters. The van der Waals surface area contributed by atoms with E-state index in [1.807, 2.05) is 13.8 Å². The monoisotopic (exact) mass is 373 g/mol. The summed E-state index contributed by atoms with van der Waals surface area (Å²) in [4.78, 5) is 18.6. The standard InChI is InChI=1S/C16H27N3O3S2/c1-11(2)8-19-13(4)12(3)17-16(19)23-9-15(20)18(5)14-6-7-24(21,22)10-14/h11,14H,6-10H2,1-5H3. The highest BCUT2D eigenvalue weighted by Crippen LogP contribution is 2.24. The lowest BCUT2D eigenvalue weighted by Crippen LogP contribution is -2.38. The summed E-state index contributed by atoms with van der Waals surface area (Å²) in [7, 11) is -1.28. The highest BCUT2D eigenvalue weighted by molar-refractivity contribution is 7.99. The quantitative estimate of drug-likeness (QED) is 0.712. The fraction of sp³-hybridized carbons (Fsp3) is 0.750. The Kier molecular flexibility index (Phi) is 6.01. The van der Waals surface area contributed by atoms with Crippen molar-refractivity contribution in [3.63, 3.8) is 0 Å². The van der Waals surface area contributed by atoms with Gasteiger partial charge in [-0.1, -0.05) is 25.6 Å². The molecular weight excluding hydrogens is 346 g/mol. The Morgan fingerprint density at radius 2 is 2.08 bits per heavy atom. The van der Waals surface area contributed by atoms with Crippen molar-refractivity contribution >= 4 is 27.5 Å². The average molecular weight is 374 g/mol. The van der Waals surface area contributed by atoms with Crippen LogP contribution in [0.3, 0.4) is 0 Å². The summed E-state index contributed by atoms with van der Waals surface area (Å²) in [5.41, 5.74) is 2.12. The van der Waals surface area contributed by atoms with Gasteiger partial charge in [0.25, 0.3) is 0 Å². The number of carbonyl (C=O) groups excluding carboxylic acids is 1. The van der Waals surface area contributed by atoms with Crippen molar-refractivity contribution in [1.29, 1.82) is 0 Å². The van der Waals surface area contributed by atoms with E-state index >= 15 is 0 Å². The fourth-order valence-corrected chi connectivity index (χ4v) is 5.63. The van der Waals surface area contributed by atoms with Gasteiger partial charge < -0.3 is 9.47 Å². The molecule has 0 radical (unpaired) electrons. The van der Waals surface area contributed by atoms with Gasteiger partial charge in [-0.15, -0.1) is 0 Å². The molecule has 1 aromatic rings. The third-order valence-electron chi connectivity index (χ3n) is 4.44. The van der Waals surface area contributed by atoms with E-state index < -0.39 is 9.84 Å². The first-order valence-electron chi connectivity index (χ1n) is 8.23. The molecule has 1 aliphatic heterocycles. The molecule has 1 aromatic heterocycles. The number of hydrogen-bond donors (Lipinski definition) is 0. The molecule has 2 heterocycles. The van der Waals surface area contributed by atoms with Gasteiger partial charge in [0.15, 0.2) is 15.0 Å². The maximum Gasteiger partial charge on any atom is 0.233 e. The van der Waals surface area contributed by atoms with Gasteiger partial charge in [-0.3, -0.25) is 4.79 Å². The van der Waals surface area contributed by atoms with Gasteiger partial charge in [0.1, 0.15) is 0 Å². The molecule has 0 aromatic carbocycles. The van der Waals surface area contributed by atoms with E-state index in [-0.39, 0.29) is 29.2 Å². The minimum absolute atomic E-state index is 0.0449. The number of imidazole rings is 1. The van der Waals surface area contributed by atoms with Crippen molar-refractivity contribution < 1.29 is 13.2 Å². The zero-order valence-corrected chi connectivity index (χ0v) is 16.7. The summed E-state index contributed by atoms with van der Waals surface area (Å²) >= 11 is 1.43. The maximum atomic E-state index is 12.4. The molecule has 0 bridgehead atoms. The van der Waals surface area contributed by atoms with E-state index in [1.165, 1.54) is 11.8 Å². The molecule has 0 N–H and O–H groups in total. The van der Waals surface area contributed by atoms with Crippen LogP contribution in [0.25, 0.3) is 0 Å². The fourth-order valence-electron chi connectivity index (χ4n) is 2.83. The second kappa shape index (κ2) is 7.47. The number of amides is 1. The number of rotatable bonds is 6. The molecule has 0 aliphatic carbocycles. The third-order valence-corrected chi connectivity index (χ3v) is 7.16. The van der Waals surface area contributed by atoms with Crippen LogP contribution in [-0.2, 0) is 21.2 Å². The molecule has 24 heavy (non-hydrogen) atoms. The summed E-state index contributed by atoms with van der Waals surface area (Å²) in [6, 6.07) is -0.193. The first-order valence-corrected chi connectivity index (χ1v) is 11.0. The lowest BCUT2D eigenvalue weighted by atomic mass is 10.2. The molecule has 6 nitrogen and oxygen atoms in total. The highest BCUT2D eigenvalue weighted by Gasteiger charge is 2.32. The van der Waals surface area contributed by atoms with E-state index in [1.54, 1.807) is 11.9 Å². The first-order chi connectivity index (χ1) is 11.1. The van der Waals surface area contributed by atoms with E-state index in [2.05, 4.69) is 23.4 Å². The number of thioether (sulfide) groups is 1. The Labute approximate surface area is 148 Å². The predicted molar refractivity (Wildman–Crippen MR) is 97.1 cm³/mol. The first kappa shape index (κ1) is 19.3. The van der Waals surface area contributed by atoms with Crippen molar-refractivity contribution in [3.05, 3.63) is 11.4 Å². The van der Waals surface area contributed by atoms with Gasteiger partial charge in [0.05, 0.1) is 23.0 Å². The molecule has 0 saturated carbocycles. The Hall–Kier alpha value is -1.02. The lowest BCUT2D eigenvalue weighted by Gasteiger charge is -2.23. The summed E-state index contributed by atoms with van der Waals surface area (Å²) in [6.07, 6.45) is 0.537. The van der Waals surface area contributed by atoms with E-state index in [4.69, 9.17) is 0 Å². The third kappa shape index (κ3) is 4.53. The minimum atomic E-state index is -2.98. The van der Waals surface area contributed by atoms with Crippen molar-refractivity contribution in [2.45, 2.75) is 51.9 Å². The summed E-state index contributed by atoms with van der Waals surface area (Å²) in [6.45, 7) is 9.21. The second-order valence-electron chi connectivity index (χ2n) is 6.92. The van der Waals surface area contributed by atoms with Crippen LogP contribution >= 0.6 is 11.8 Å². The lowest BCUT2D eigenvalue weighted by molar-refractivity contribution is -0.128. The Morgan fingerprint density at radius 3 is 2.62 bits per heavy atom. The molecular formula is C16H27N3O3S2. The Bertz CT molecular complexity index is 710. The van der Waals surface area contributed by atoms with Crippen molar-refractivity contribution in [2.75, 3.05) is 24.3 Å². The molecule has 1 fully saturated rings. The molecule has 136 valence electrons. The van der Waals surface area contributed by atoms with Crippen molar-refractivity contribution in [3.8, 4) is 0 Å². The molecule has 1 atom stereocenters. The van der Waals surface area contributed by atoms with Crippen molar-refractivity contribution in [1.82, 2.24) is 14.5 Å². The van der Waals surface area contributed by atoms with Crippen LogP contribution in [0.2, 0.25) is 0 Å². The van der Waals surface area contributed by atoms with Gasteiger partial charge in [0.2, 0.25) is 5.91 Å². The number of carbonyl (C=O) groups is 1. The smallest absolute Gasteiger partial charge is 0.233 e. The van der Waals surface area contributed by atoms with Gasteiger partial charge in [0, 0.05) is 25.3 Å². The Balaban J connectivity index is 2.00. The van der Waals surface area contributed by atoms with Crippen LogP contribution in [-0.4, -0.2) is 59.1 Å². The molecule has 1 saturated heterocycles. The van der Waals surface area contributed by atoms with Crippen LogP contribution in [0.4, 0.5) is 0 Å². The summed E-state index contributed by atoms with van der Waals surface area (Å²) in [5, 5.41) is 0.861. The zero-order valence-electron chi connectivity index (χ0n) is 15.1. The normalized spacial score (nSPS) is 19.8. The zero-order chi connectivity index (χ0) is 18.1. The largest absolute Gasteiger partial charge is 0.341 e. The number of hydrogen-bond acceptors (Lipinski definition) is 5. The van der Waals surface area contributed by atoms with Crippen LogP contribution < -0.4 is 0 Å². The number of aromatic nitrogens is 2. The van der Waals surface area contributed by atoms with Crippen LogP contribution in [0.5, 0.6) is 0 Å². The average Bonchev–Trinajstić information content (AvgIpc) is 2.98. The number of aryl methyl sites for hydroxylation is 1. The molecule has 1 amide bonds. The van der Waals surface area contributed by atoms with Gasteiger partial charge in [-0.25, -0.2) is 13.4 Å². The van der Waals surface area contributed by atoms with E-state index in [9.17, 15) is 13.2 Å². The SMILES string of the molecule is Cc1nc(SCC(=O)N(C)C2CCS(=O)(=O)C2)n(CC(C)C)c1C. The molecule has 2 rings (SSSR count). The Morgan fingerprint density at radius 1 is 1.42 bits per heavy atom. The number of sulfone groups is 1. The van der Waals surface area contributed by atoms with Crippen molar-refractivity contribution in [2.24, 2.45) is 5.92 Å². The minimum Gasteiger partial charge on any atom is -0.341 e. The summed E-state index contributed by atoms with van der Waals surface area (Å²) < 4.78 is 25.3. The van der Waals surface area contributed by atoms with Crippen LogP contribution in [0.15, 0.2) is 5.16 Å². The van der Waals surface area contributed by atoms with Crippen LogP contribution in [0.1, 0.15) is 31.7 Å². The number of nitrogens with zero attached hydrogens (tertiary/aromatic N) is 3. The van der Waals surface area contributed by atoms with E-state index in [0.717, 1.165) is 23.1 Å². The second-order valence-corrected chi connectivity index (χ2v) is 10.1. The van der Waals surface area contributed by atoms with Gasteiger partial charge in [-0.2, -0.15) is 0 Å². The maximum absolute atomic E-state index is 12.4. The van der Waals surface area contributed by atoms with Gasteiger partial charge >= 0.3 is 0 Å². The molecule has 1 aliphatic rings. The molecule has 8 heteroatoms. The predicted octanol–water partition coefficient (Wildman–Crippen LogP) is 1.89. The molecule has 0 spiro atoms. The topological polar surface area (TPSA) is 72.3 Å². The van der Waals surface area contributed by atoms with Gasteiger partial charge in [-0.05, 0) is 26.2 Å². The summed E-state index contributed by atoms with van der Waals surface area (Å²) in [5.74, 6) is 0.996.